The molecular formula is C16H17N3OS. The van der Waals surface area contributed by atoms with Crippen molar-refractivity contribution in [2.45, 2.75) is 23.5 Å². The van der Waals surface area contributed by atoms with Crippen LogP contribution in [0.1, 0.15) is 12.5 Å². The molecule has 0 aliphatic heterocycles. The third kappa shape index (κ3) is 3.04. The van der Waals surface area contributed by atoms with Gasteiger partial charge >= 0.3 is 0 Å². The Kier molecular flexibility index (Phi) is 4.13. The summed E-state index contributed by atoms with van der Waals surface area (Å²) in [5, 5.41) is 0.861. The second-order valence-electron chi connectivity index (χ2n) is 4.57. The zero-order valence-corrected chi connectivity index (χ0v) is 12.6. The van der Waals surface area contributed by atoms with Crippen LogP contribution in [0.2, 0.25) is 0 Å². The van der Waals surface area contributed by atoms with Crippen LogP contribution in [0.3, 0.4) is 0 Å². The van der Waals surface area contributed by atoms with Crippen LogP contribution in [0.4, 0.5) is 0 Å². The van der Waals surface area contributed by atoms with Crippen molar-refractivity contribution >= 4 is 22.8 Å². The zero-order chi connectivity index (χ0) is 14.7. The Morgan fingerprint density at radius 3 is 2.90 bits per heavy atom. The lowest BCUT2D eigenvalue weighted by atomic mass is 10.2. The van der Waals surface area contributed by atoms with Crippen LogP contribution < -0.4 is 10.5 Å². The molecular weight excluding hydrogens is 282 g/mol. The van der Waals surface area contributed by atoms with Crippen LogP contribution in [0, 0.1) is 0 Å². The molecule has 0 bridgehead atoms. The van der Waals surface area contributed by atoms with E-state index in [1.807, 2.05) is 43.3 Å². The Labute approximate surface area is 127 Å². The normalized spacial score (nSPS) is 11.0. The number of nitrogens with two attached hydrogens (primary N) is 1. The topological polar surface area (TPSA) is 63.9 Å². The summed E-state index contributed by atoms with van der Waals surface area (Å²) in [6.07, 6.45) is 0. The van der Waals surface area contributed by atoms with Crippen molar-refractivity contribution < 1.29 is 4.74 Å². The molecule has 0 unspecified atom stereocenters. The average molecular weight is 299 g/mol. The maximum absolute atomic E-state index is 5.77. The molecule has 0 fully saturated rings. The molecule has 1 aromatic heterocycles. The van der Waals surface area contributed by atoms with E-state index in [1.54, 1.807) is 11.8 Å². The van der Waals surface area contributed by atoms with Gasteiger partial charge in [-0.15, -0.1) is 0 Å². The molecule has 3 rings (SSSR count). The number of ether oxygens (including phenoxy) is 1. The molecule has 0 aliphatic carbocycles. The summed E-state index contributed by atoms with van der Waals surface area (Å²) in [6, 6.07) is 14.0. The standard InChI is InChI=1S/C16H17N3OS/c1-2-20-12-7-8-13-14(9-12)19-16(18-13)21-15-6-4-3-5-11(15)10-17/h3-9H,2,10,17H2,1H3,(H,18,19). The van der Waals surface area contributed by atoms with Crippen molar-refractivity contribution in [2.75, 3.05) is 6.61 Å². The molecule has 0 spiro atoms. The Balaban J connectivity index is 1.90. The SMILES string of the molecule is CCOc1ccc2nc(Sc3ccccc3CN)[nH]c2c1. The summed E-state index contributed by atoms with van der Waals surface area (Å²) in [5.41, 5.74) is 8.81. The van der Waals surface area contributed by atoms with E-state index < -0.39 is 0 Å². The highest BCUT2D eigenvalue weighted by atomic mass is 32.2. The summed E-state index contributed by atoms with van der Waals surface area (Å²) in [6.45, 7) is 3.16. The van der Waals surface area contributed by atoms with E-state index in [0.29, 0.717) is 13.2 Å². The van der Waals surface area contributed by atoms with Gasteiger partial charge in [-0.3, -0.25) is 0 Å². The number of hydrogen-bond donors (Lipinski definition) is 2. The van der Waals surface area contributed by atoms with E-state index in [0.717, 1.165) is 32.4 Å². The van der Waals surface area contributed by atoms with E-state index >= 15 is 0 Å². The summed E-state index contributed by atoms with van der Waals surface area (Å²) < 4.78 is 5.51. The Hall–Kier alpha value is -1.98. The van der Waals surface area contributed by atoms with E-state index in [4.69, 9.17) is 10.5 Å². The summed E-state index contributed by atoms with van der Waals surface area (Å²) in [7, 11) is 0. The van der Waals surface area contributed by atoms with Crippen LogP contribution in [0.25, 0.3) is 11.0 Å². The maximum Gasteiger partial charge on any atom is 0.171 e. The minimum Gasteiger partial charge on any atom is -0.494 e. The van der Waals surface area contributed by atoms with Gasteiger partial charge in [0, 0.05) is 17.5 Å². The van der Waals surface area contributed by atoms with Gasteiger partial charge in [0.1, 0.15) is 5.75 Å². The number of nitrogens with one attached hydrogen (secondary N) is 1. The van der Waals surface area contributed by atoms with E-state index in [1.165, 1.54) is 0 Å². The van der Waals surface area contributed by atoms with Gasteiger partial charge in [0.15, 0.2) is 5.16 Å². The number of hydrogen-bond acceptors (Lipinski definition) is 4. The van der Waals surface area contributed by atoms with Crippen molar-refractivity contribution in [3.05, 3.63) is 48.0 Å². The number of nitrogens with zero attached hydrogens (tertiary/aromatic N) is 1. The molecule has 3 N–H and O–H groups in total. The number of benzene rings is 2. The average Bonchev–Trinajstić information content (AvgIpc) is 2.89. The highest BCUT2D eigenvalue weighted by molar-refractivity contribution is 7.99. The number of fused-ring (bicyclic) bond motifs is 1. The predicted octanol–water partition coefficient (Wildman–Crippen LogP) is 3.57. The van der Waals surface area contributed by atoms with Gasteiger partial charge in [0.05, 0.1) is 17.6 Å². The van der Waals surface area contributed by atoms with E-state index in [2.05, 4.69) is 16.0 Å². The van der Waals surface area contributed by atoms with Gasteiger partial charge in [-0.1, -0.05) is 30.0 Å². The second kappa shape index (κ2) is 6.20. The van der Waals surface area contributed by atoms with Crippen molar-refractivity contribution in [1.82, 2.24) is 9.97 Å². The fraction of sp³-hybridized carbons (Fsp3) is 0.188. The first-order chi connectivity index (χ1) is 10.3. The number of aromatic nitrogens is 2. The summed E-state index contributed by atoms with van der Waals surface area (Å²) in [4.78, 5) is 9.05. The zero-order valence-electron chi connectivity index (χ0n) is 11.8. The monoisotopic (exact) mass is 299 g/mol. The van der Waals surface area contributed by atoms with Crippen LogP contribution >= 0.6 is 11.8 Å². The molecule has 0 aliphatic rings. The largest absolute Gasteiger partial charge is 0.494 e. The first-order valence-corrected chi connectivity index (χ1v) is 7.70. The Bertz CT molecular complexity index is 754. The van der Waals surface area contributed by atoms with Crippen molar-refractivity contribution in [1.29, 1.82) is 0 Å². The van der Waals surface area contributed by atoms with Crippen molar-refractivity contribution in [3.8, 4) is 5.75 Å². The van der Waals surface area contributed by atoms with Crippen LogP contribution in [0.5, 0.6) is 5.75 Å². The lowest BCUT2D eigenvalue weighted by molar-refractivity contribution is 0.340. The van der Waals surface area contributed by atoms with E-state index in [-0.39, 0.29) is 0 Å². The van der Waals surface area contributed by atoms with Gasteiger partial charge in [-0.25, -0.2) is 4.98 Å². The molecule has 21 heavy (non-hydrogen) atoms. The van der Waals surface area contributed by atoms with Gasteiger partial charge in [-0.2, -0.15) is 0 Å². The molecule has 0 amide bonds. The van der Waals surface area contributed by atoms with Gasteiger partial charge < -0.3 is 15.5 Å². The van der Waals surface area contributed by atoms with Crippen LogP contribution in [-0.4, -0.2) is 16.6 Å². The highest BCUT2D eigenvalue weighted by Crippen LogP contribution is 2.30. The molecule has 4 nitrogen and oxygen atoms in total. The fourth-order valence-electron chi connectivity index (χ4n) is 2.15. The number of imidazole rings is 1. The lowest BCUT2D eigenvalue weighted by Crippen LogP contribution is -1.97. The summed E-state index contributed by atoms with van der Waals surface area (Å²) in [5.74, 6) is 0.854. The molecule has 1 heterocycles. The summed E-state index contributed by atoms with van der Waals surface area (Å²) >= 11 is 1.60. The van der Waals surface area contributed by atoms with Gasteiger partial charge in [-0.05, 0) is 30.7 Å². The second-order valence-corrected chi connectivity index (χ2v) is 5.60. The molecule has 0 radical (unpaired) electrons. The molecule has 5 heteroatoms. The van der Waals surface area contributed by atoms with Crippen LogP contribution in [0.15, 0.2) is 52.5 Å². The minimum absolute atomic E-state index is 0.526. The van der Waals surface area contributed by atoms with Gasteiger partial charge in [0.25, 0.3) is 0 Å². The van der Waals surface area contributed by atoms with E-state index in [9.17, 15) is 0 Å². The number of H-pyrrole nitrogens is 1. The Morgan fingerprint density at radius 2 is 2.10 bits per heavy atom. The number of rotatable bonds is 5. The number of aromatic amines is 1. The first-order valence-electron chi connectivity index (χ1n) is 6.88. The fourth-order valence-corrected chi connectivity index (χ4v) is 3.09. The predicted molar refractivity (Wildman–Crippen MR) is 85.7 cm³/mol. The van der Waals surface area contributed by atoms with Crippen LogP contribution in [-0.2, 0) is 6.54 Å². The first kappa shape index (κ1) is 14.0. The third-order valence-electron chi connectivity index (χ3n) is 3.14. The highest BCUT2D eigenvalue weighted by Gasteiger charge is 2.08. The quantitative estimate of drug-likeness (QED) is 0.756. The Morgan fingerprint density at radius 1 is 1.24 bits per heavy atom. The molecule has 3 aromatic rings. The smallest absolute Gasteiger partial charge is 0.171 e. The lowest BCUT2D eigenvalue weighted by Gasteiger charge is -2.04. The van der Waals surface area contributed by atoms with Gasteiger partial charge in [0.2, 0.25) is 0 Å². The minimum atomic E-state index is 0.526. The van der Waals surface area contributed by atoms with Crippen molar-refractivity contribution in [3.63, 3.8) is 0 Å². The third-order valence-corrected chi connectivity index (χ3v) is 4.15. The molecule has 0 saturated heterocycles. The molecule has 0 atom stereocenters. The molecule has 2 aromatic carbocycles. The molecule has 108 valence electrons. The van der Waals surface area contributed by atoms with Crippen molar-refractivity contribution in [2.24, 2.45) is 5.73 Å². The maximum atomic E-state index is 5.77. The molecule has 0 saturated carbocycles.